The van der Waals surface area contributed by atoms with Gasteiger partial charge in [-0.2, -0.15) is 9.59 Å². The van der Waals surface area contributed by atoms with Crippen LogP contribution in [0.2, 0.25) is 0 Å². The zero-order valence-corrected chi connectivity index (χ0v) is 16.9. The molecule has 0 fully saturated rings. The van der Waals surface area contributed by atoms with Gasteiger partial charge in [-0.3, -0.25) is 9.59 Å². The van der Waals surface area contributed by atoms with E-state index in [0.29, 0.717) is 50.3 Å². The molecule has 146 valence electrons. The van der Waals surface area contributed by atoms with Gasteiger partial charge in [-0.05, 0) is 18.6 Å². The Labute approximate surface area is 155 Å². The van der Waals surface area contributed by atoms with Crippen molar-refractivity contribution in [3.63, 3.8) is 0 Å². The summed E-state index contributed by atoms with van der Waals surface area (Å²) in [5.74, 6) is 0.604. The molecule has 0 heterocycles. The lowest BCUT2D eigenvalue weighted by atomic mass is 10.1. The number of hydrogen-bond acceptors (Lipinski definition) is 7. The van der Waals surface area contributed by atoms with E-state index < -0.39 is 0 Å². The van der Waals surface area contributed by atoms with Gasteiger partial charge in [0.25, 0.3) is 0 Å². The number of carbonyl (C=O) groups is 2. The molecule has 0 aromatic rings. The molecule has 0 rings (SSSR count). The zero-order chi connectivity index (χ0) is 19.7. The summed E-state index contributed by atoms with van der Waals surface area (Å²) in [4.78, 5) is 39.4. The molecule has 25 heavy (non-hydrogen) atoms. The summed E-state index contributed by atoms with van der Waals surface area (Å²) in [6.45, 7) is 12.0. The highest BCUT2D eigenvalue weighted by molar-refractivity contribution is 8.01. The average molecular weight is 377 g/mol. The molecule has 0 aromatic carbocycles. The lowest BCUT2D eigenvalue weighted by molar-refractivity contribution is -0.191. The summed E-state index contributed by atoms with van der Waals surface area (Å²) >= 11 is 1.71. The highest BCUT2D eigenvalue weighted by atomic mass is 32.2. The summed E-state index contributed by atoms with van der Waals surface area (Å²) in [7, 11) is 0. The van der Waals surface area contributed by atoms with Crippen molar-refractivity contribution in [2.24, 2.45) is 5.92 Å². The first-order chi connectivity index (χ1) is 11.8. The van der Waals surface area contributed by atoms with Crippen LogP contribution in [0.1, 0.15) is 53.9 Å². The Balaban J connectivity index is 0. The Bertz CT molecular complexity index is 389. The fourth-order valence-corrected chi connectivity index (χ4v) is 2.91. The molecule has 0 aliphatic rings. The molecule has 0 bridgehead atoms. The smallest absolute Gasteiger partial charge is 0.373 e. The van der Waals surface area contributed by atoms with Gasteiger partial charge in [0.2, 0.25) is 0 Å². The Hall–Kier alpha value is -1.01. The molecule has 1 unspecified atom stereocenters. The second-order valence-electron chi connectivity index (χ2n) is 6.08. The van der Waals surface area contributed by atoms with Crippen LogP contribution in [0.25, 0.3) is 0 Å². The zero-order valence-electron chi connectivity index (χ0n) is 16.0. The van der Waals surface area contributed by atoms with Gasteiger partial charge in [-0.1, -0.05) is 27.7 Å². The van der Waals surface area contributed by atoms with Gasteiger partial charge in [-0.25, -0.2) is 0 Å². The molecular weight excluding hydrogens is 344 g/mol. The minimum absolute atomic E-state index is 0.0711. The molecule has 0 saturated heterocycles. The molecule has 1 atom stereocenters. The summed E-state index contributed by atoms with van der Waals surface area (Å²) in [5, 5.41) is 0.553. The first-order valence-electron chi connectivity index (χ1n) is 8.61. The summed E-state index contributed by atoms with van der Waals surface area (Å²) < 4.78 is 10.8. The number of rotatable bonds is 14. The number of Topliss-reactive ketones (excluding diaryl/α,β-unsaturated/α-hetero) is 2. The normalized spacial score (nSPS) is 11.6. The average Bonchev–Trinajstić information content (AvgIpc) is 2.52. The van der Waals surface area contributed by atoms with Gasteiger partial charge in [-0.15, -0.1) is 11.8 Å². The van der Waals surface area contributed by atoms with E-state index in [1.165, 1.54) is 0 Å². The van der Waals surface area contributed by atoms with E-state index in [0.717, 1.165) is 6.42 Å². The van der Waals surface area contributed by atoms with E-state index in [1.54, 1.807) is 11.8 Å². The lowest BCUT2D eigenvalue weighted by Gasteiger charge is -2.12. The van der Waals surface area contributed by atoms with Crippen LogP contribution in [0.4, 0.5) is 0 Å². The van der Waals surface area contributed by atoms with Gasteiger partial charge in [0, 0.05) is 25.4 Å². The molecule has 0 aliphatic carbocycles. The largest absolute Gasteiger partial charge is 0.379 e. The second-order valence-corrected chi connectivity index (χ2v) is 8.00. The van der Waals surface area contributed by atoms with E-state index in [2.05, 4.69) is 13.8 Å². The predicted molar refractivity (Wildman–Crippen MR) is 97.5 cm³/mol. The Morgan fingerprint density at radius 3 is 1.84 bits per heavy atom. The molecule has 0 N–H and O–H groups in total. The van der Waals surface area contributed by atoms with E-state index in [-0.39, 0.29) is 23.1 Å². The summed E-state index contributed by atoms with van der Waals surface area (Å²) in [6.07, 6.45) is 2.05. The maximum absolute atomic E-state index is 11.8. The number of carbonyl (C=O) groups excluding carboxylic acids is 4. The van der Waals surface area contributed by atoms with Crippen molar-refractivity contribution in [2.45, 2.75) is 64.4 Å². The Morgan fingerprint density at radius 1 is 0.840 bits per heavy atom. The second kappa shape index (κ2) is 17.8. The Morgan fingerprint density at radius 2 is 1.36 bits per heavy atom. The van der Waals surface area contributed by atoms with E-state index in [1.807, 2.05) is 20.8 Å². The van der Waals surface area contributed by atoms with Crippen LogP contribution in [-0.4, -0.2) is 54.6 Å². The van der Waals surface area contributed by atoms with Crippen molar-refractivity contribution in [1.82, 2.24) is 0 Å². The third-order valence-corrected chi connectivity index (χ3v) is 4.37. The van der Waals surface area contributed by atoms with Crippen LogP contribution in [0, 0.1) is 5.92 Å². The molecule has 0 aromatic heterocycles. The minimum Gasteiger partial charge on any atom is -0.379 e. The number of ketones is 2. The van der Waals surface area contributed by atoms with Gasteiger partial charge in [0.15, 0.2) is 0 Å². The molecule has 0 spiro atoms. The van der Waals surface area contributed by atoms with Crippen LogP contribution < -0.4 is 0 Å². The predicted octanol–water partition coefficient (Wildman–Crippen LogP) is 2.93. The van der Waals surface area contributed by atoms with Crippen LogP contribution >= 0.6 is 11.8 Å². The first kappa shape index (κ1) is 26.2. The monoisotopic (exact) mass is 376 g/mol. The third kappa shape index (κ3) is 19.2. The molecule has 7 heteroatoms. The van der Waals surface area contributed by atoms with E-state index in [9.17, 15) is 9.59 Å². The van der Waals surface area contributed by atoms with Crippen molar-refractivity contribution < 1.29 is 28.7 Å². The van der Waals surface area contributed by atoms with Crippen LogP contribution in [0.15, 0.2) is 0 Å². The van der Waals surface area contributed by atoms with Crippen molar-refractivity contribution >= 4 is 29.5 Å². The van der Waals surface area contributed by atoms with Gasteiger partial charge >= 0.3 is 6.15 Å². The topological polar surface area (TPSA) is 86.7 Å². The maximum atomic E-state index is 11.8. The molecule has 0 radical (unpaired) electrons. The molecule has 0 aliphatic heterocycles. The molecule has 0 amide bonds. The summed E-state index contributed by atoms with van der Waals surface area (Å²) in [5.41, 5.74) is 0. The van der Waals surface area contributed by atoms with Crippen molar-refractivity contribution in [1.29, 1.82) is 0 Å². The van der Waals surface area contributed by atoms with Crippen molar-refractivity contribution in [2.75, 3.05) is 26.4 Å². The third-order valence-electron chi connectivity index (χ3n) is 3.15. The van der Waals surface area contributed by atoms with Crippen LogP contribution in [-0.2, 0) is 28.7 Å². The fourth-order valence-electron chi connectivity index (χ4n) is 1.82. The maximum Gasteiger partial charge on any atom is 0.373 e. The van der Waals surface area contributed by atoms with Crippen molar-refractivity contribution in [3.05, 3.63) is 0 Å². The highest BCUT2D eigenvalue weighted by Crippen LogP contribution is 2.18. The molecule has 6 nitrogen and oxygen atoms in total. The minimum atomic E-state index is 0.0711. The lowest BCUT2D eigenvalue weighted by Crippen LogP contribution is -2.16. The number of ether oxygens (including phenoxy) is 2. The van der Waals surface area contributed by atoms with Gasteiger partial charge < -0.3 is 9.47 Å². The SMILES string of the molecule is CC(C)SC(C)C(=O)CCCOCCOCCC(=O)C(C)C.O=C=O. The first-order valence-corrected chi connectivity index (χ1v) is 9.56. The van der Waals surface area contributed by atoms with Crippen LogP contribution in [0.3, 0.4) is 0 Å². The Kier molecular flexibility index (Phi) is 18.7. The van der Waals surface area contributed by atoms with E-state index in [4.69, 9.17) is 19.1 Å². The number of thioether (sulfide) groups is 1. The summed E-state index contributed by atoms with van der Waals surface area (Å²) in [6, 6.07) is 0. The standard InChI is InChI=1S/C17H32O4S.CO2/c1-13(2)16(18)8-10-21-12-11-20-9-6-7-17(19)15(5)22-14(3)4;2-1-3/h13-15H,6-12H2,1-5H3;. The molecule has 0 saturated carbocycles. The van der Waals surface area contributed by atoms with Crippen molar-refractivity contribution in [3.8, 4) is 0 Å². The fraction of sp³-hybridized carbons (Fsp3) is 0.833. The van der Waals surface area contributed by atoms with Crippen LogP contribution in [0.5, 0.6) is 0 Å². The van der Waals surface area contributed by atoms with Gasteiger partial charge in [0.05, 0.1) is 25.1 Å². The van der Waals surface area contributed by atoms with Gasteiger partial charge in [0.1, 0.15) is 11.6 Å². The highest BCUT2D eigenvalue weighted by Gasteiger charge is 2.14. The quantitative estimate of drug-likeness (QED) is 0.431. The molecular formula is C18H32O6S. The number of hydrogen-bond donors (Lipinski definition) is 0. The van der Waals surface area contributed by atoms with E-state index >= 15 is 0 Å².